The Balaban J connectivity index is 1.48. The zero-order valence-corrected chi connectivity index (χ0v) is 18.6. The molecular weight excluding hydrogens is 420 g/mol. The number of carbonyl (C=O) groups excluding carboxylic acids is 2. The van der Waals surface area contributed by atoms with Crippen LogP contribution in [0.3, 0.4) is 0 Å². The molecule has 3 amide bonds. The van der Waals surface area contributed by atoms with Crippen LogP contribution in [0.4, 0.5) is 4.79 Å². The van der Waals surface area contributed by atoms with Crippen LogP contribution in [0.25, 0.3) is 20.7 Å². The second-order valence-corrected chi connectivity index (χ2v) is 9.95. The molecule has 2 N–H and O–H groups in total. The highest BCUT2D eigenvalue weighted by atomic mass is 32.1. The number of amides is 3. The third kappa shape index (κ3) is 4.32. The first kappa shape index (κ1) is 20.7. The van der Waals surface area contributed by atoms with E-state index in [0.717, 1.165) is 34.6 Å². The SMILES string of the molecule is Cc1ccc(-c2csc3ncn(CC(=O)NC(=O)N[C@H]4CCCC[C@@H]4C)c(=O)c23)s1. The summed E-state index contributed by atoms with van der Waals surface area (Å²) in [5.41, 5.74) is 0.558. The largest absolute Gasteiger partial charge is 0.335 e. The smallest absolute Gasteiger partial charge is 0.321 e. The van der Waals surface area contributed by atoms with Gasteiger partial charge >= 0.3 is 6.03 Å². The maximum absolute atomic E-state index is 13.0. The van der Waals surface area contributed by atoms with Crippen LogP contribution >= 0.6 is 22.7 Å². The Morgan fingerprint density at radius 2 is 2.07 bits per heavy atom. The van der Waals surface area contributed by atoms with Crippen molar-refractivity contribution < 1.29 is 9.59 Å². The van der Waals surface area contributed by atoms with Gasteiger partial charge in [-0.1, -0.05) is 19.8 Å². The standard InChI is InChI=1S/C21H24N4O3S2/c1-12-5-3-4-6-15(12)23-21(28)24-17(26)9-25-11-22-19-18(20(25)27)14(10-29-19)16-8-7-13(2)30-16/h7-8,10-12,15H,3-6,9H2,1-2H3,(H2,23,24,26,28)/t12-,15-/m0/s1. The lowest BCUT2D eigenvalue weighted by Crippen LogP contribution is -2.48. The second-order valence-electron chi connectivity index (χ2n) is 7.81. The van der Waals surface area contributed by atoms with Gasteiger partial charge in [0.05, 0.1) is 11.7 Å². The van der Waals surface area contributed by atoms with Gasteiger partial charge in [0.25, 0.3) is 5.56 Å². The first-order valence-corrected chi connectivity index (χ1v) is 11.8. The number of aryl methyl sites for hydroxylation is 1. The van der Waals surface area contributed by atoms with Crippen molar-refractivity contribution in [3.05, 3.63) is 39.1 Å². The summed E-state index contributed by atoms with van der Waals surface area (Å²) in [5.74, 6) is -0.144. The summed E-state index contributed by atoms with van der Waals surface area (Å²) in [6.45, 7) is 3.87. The van der Waals surface area contributed by atoms with E-state index < -0.39 is 11.9 Å². The van der Waals surface area contributed by atoms with Gasteiger partial charge in [0.1, 0.15) is 11.4 Å². The minimum Gasteiger partial charge on any atom is -0.335 e. The number of hydrogen-bond donors (Lipinski definition) is 2. The lowest BCUT2D eigenvalue weighted by Gasteiger charge is -2.29. The highest BCUT2D eigenvalue weighted by molar-refractivity contribution is 7.19. The van der Waals surface area contributed by atoms with Crippen LogP contribution in [0.5, 0.6) is 0 Å². The van der Waals surface area contributed by atoms with Crippen LogP contribution in [0.15, 0.2) is 28.6 Å². The first-order valence-electron chi connectivity index (χ1n) is 10.1. The van der Waals surface area contributed by atoms with Crippen molar-refractivity contribution in [2.45, 2.75) is 52.1 Å². The molecule has 2 atom stereocenters. The average Bonchev–Trinajstić information content (AvgIpc) is 3.32. The van der Waals surface area contributed by atoms with Gasteiger partial charge in [0.2, 0.25) is 5.91 Å². The normalized spacial score (nSPS) is 19.0. The summed E-state index contributed by atoms with van der Waals surface area (Å²) in [7, 11) is 0. The Labute approximate surface area is 182 Å². The maximum Gasteiger partial charge on any atom is 0.321 e. The Bertz CT molecular complexity index is 1150. The first-order chi connectivity index (χ1) is 14.4. The molecule has 1 fully saturated rings. The number of hydrogen-bond acceptors (Lipinski definition) is 6. The van der Waals surface area contributed by atoms with Crippen molar-refractivity contribution >= 4 is 44.8 Å². The molecule has 0 radical (unpaired) electrons. The van der Waals surface area contributed by atoms with Crippen molar-refractivity contribution in [1.82, 2.24) is 20.2 Å². The molecule has 0 aliphatic heterocycles. The molecule has 9 heteroatoms. The molecular formula is C21H24N4O3S2. The van der Waals surface area contributed by atoms with Crippen molar-refractivity contribution in [2.24, 2.45) is 5.92 Å². The number of carbonyl (C=O) groups is 2. The number of aromatic nitrogens is 2. The van der Waals surface area contributed by atoms with Crippen LogP contribution in [-0.2, 0) is 11.3 Å². The molecule has 158 valence electrons. The van der Waals surface area contributed by atoms with Crippen molar-refractivity contribution in [1.29, 1.82) is 0 Å². The minimum atomic E-state index is -0.539. The number of urea groups is 1. The van der Waals surface area contributed by atoms with E-state index in [-0.39, 0.29) is 18.1 Å². The lowest BCUT2D eigenvalue weighted by atomic mass is 9.86. The predicted molar refractivity (Wildman–Crippen MR) is 120 cm³/mol. The molecule has 4 rings (SSSR count). The monoisotopic (exact) mass is 444 g/mol. The van der Waals surface area contributed by atoms with Gasteiger partial charge in [-0.25, -0.2) is 9.78 Å². The zero-order chi connectivity index (χ0) is 21.3. The Kier molecular flexibility index (Phi) is 6.01. The summed E-state index contributed by atoms with van der Waals surface area (Å²) in [6, 6.07) is 3.57. The van der Waals surface area contributed by atoms with E-state index in [9.17, 15) is 14.4 Å². The summed E-state index contributed by atoms with van der Waals surface area (Å²) in [6.07, 6.45) is 5.62. The van der Waals surface area contributed by atoms with E-state index in [4.69, 9.17) is 0 Å². The topological polar surface area (TPSA) is 93.1 Å². The minimum absolute atomic E-state index is 0.0786. The Morgan fingerprint density at radius 3 is 2.80 bits per heavy atom. The fourth-order valence-electron chi connectivity index (χ4n) is 3.90. The van der Waals surface area contributed by atoms with Gasteiger partial charge < -0.3 is 5.32 Å². The number of imide groups is 1. The van der Waals surface area contributed by atoms with E-state index in [1.54, 1.807) is 11.3 Å². The predicted octanol–water partition coefficient (Wildman–Crippen LogP) is 3.90. The number of thiophene rings is 2. The molecule has 3 aromatic heterocycles. The molecule has 1 aliphatic carbocycles. The molecule has 0 bridgehead atoms. The second kappa shape index (κ2) is 8.69. The van der Waals surface area contributed by atoms with Crippen LogP contribution in [0.2, 0.25) is 0 Å². The van der Waals surface area contributed by atoms with E-state index in [1.807, 2.05) is 24.4 Å². The third-order valence-corrected chi connectivity index (χ3v) is 7.48. The quantitative estimate of drug-likeness (QED) is 0.638. The highest BCUT2D eigenvalue weighted by Crippen LogP contribution is 2.34. The van der Waals surface area contributed by atoms with Gasteiger partial charge in [-0.15, -0.1) is 22.7 Å². The molecule has 0 unspecified atom stereocenters. The van der Waals surface area contributed by atoms with Crippen molar-refractivity contribution in [3.63, 3.8) is 0 Å². The highest BCUT2D eigenvalue weighted by Gasteiger charge is 2.23. The van der Waals surface area contributed by atoms with E-state index in [0.29, 0.717) is 16.1 Å². The number of nitrogens with zero attached hydrogens (tertiary/aromatic N) is 2. The summed E-state index contributed by atoms with van der Waals surface area (Å²) < 4.78 is 1.25. The van der Waals surface area contributed by atoms with Crippen LogP contribution in [0.1, 0.15) is 37.5 Å². The molecule has 0 spiro atoms. The zero-order valence-electron chi connectivity index (χ0n) is 16.9. The summed E-state index contributed by atoms with van der Waals surface area (Å²) >= 11 is 3.02. The fraction of sp³-hybridized carbons (Fsp3) is 0.429. The van der Waals surface area contributed by atoms with Gasteiger partial charge in [0, 0.05) is 26.7 Å². The maximum atomic E-state index is 13.0. The van der Waals surface area contributed by atoms with Crippen LogP contribution in [-0.4, -0.2) is 27.5 Å². The number of fused-ring (bicyclic) bond motifs is 1. The third-order valence-electron chi connectivity index (χ3n) is 5.56. The van der Waals surface area contributed by atoms with Gasteiger partial charge in [-0.05, 0) is 37.8 Å². The van der Waals surface area contributed by atoms with Crippen molar-refractivity contribution in [3.8, 4) is 10.4 Å². The number of rotatable bonds is 4. The van der Waals surface area contributed by atoms with Crippen molar-refractivity contribution in [2.75, 3.05) is 0 Å². The fourth-order valence-corrected chi connectivity index (χ4v) is 5.76. The molecule has 3 aromatic rings. The van der Waals surface area contributed by atoms with Crippen LogP contribution in [0, 0.1) is 12.8 Å². The Hall–Kier alpha value is -2.52. The molecule has 0 saturated heterocycles. The molecule has 1 aliphatic rings. The molecule has 1 saturated carbocycles. The number of nitrogens with one attached hydrogen (secondary N) is 2. The van der Waals surface area contributed by atoms with Gasteiger partial charge in [-0.2, -0.15) is 0 Å². The lowest BCUT2D eigenvalue weighted by molar-refractivity contribution is -0.120. The van der Waals surface area contributed by atoms with E-state index >= 15 is 0 Å². The molecule has 0 aromatic carbocycles. The van der Waals surface area contributed by atoms with Gasteiger partial charge in [0.15, 0.2) is 0 Å². The Morgan fingerprint density at radius 1 is 1.27 bits per heavy atom. The van der Waals surface area contributed by atoms with Crippen LogP contribution < -0.4 is 16.2 Å². The summed E-state index contributed by atoms with van der Waals surface area (Å²) in [5, 5.41) is 7.67. The van der Waals surface area contributed by atoms with E-state index in [1.165, 1.54) is 28.7 Å². The molecule has 30 heavy (non-hydrogen) atoms. The summed E-state index contributed by atoms with van der Waals surface area (Å²) in [4.78, 5) is 44.7. The van der Waals surface area contributed by atoms with E-state index in [2.05, 4.69) is 22.5 Å². The van der Waals surface area contributed by atoms with Gasteiger partial charge in [-0.3, -0.25) is 19.5 Å². The molecule has 7 nitrogen and oxygen atoms in total. The average molecular weight is 445 g/mol. The molecule has 3 heterocycles.